The molecule has 0 rings (SSSR count). The SMILES string of the molecule is CCCCCCCCCCCCCCCCCCC(=O)O[C@H](COC(=O)CCCCCCCCCCCCCCCC)COC(=O)CCCCCCCCCCCCCCC(C)C. The lowest BCUT2D eigenvalue weighted by atomic mass is 10.0. The van der Waals surface area contributed by atoms with E-state index in [0.29, 0.717) is 19.3 Å². The van der Waals surface area contributed by atoms with Gasteiger partial charge in [-0.3, -0.25) is 14.4 Å². The molecular formula is C57H110O6. The van der Waals surface area contributed by atoms with Crippen LogP contribution in [0.15, 0.2) is 0 Å². The number of carbonyl (C=O) groups is 3. The number of hydrogen-bond donors (Lipinski definition) is 0. The van der Waals surface area contributed by atoms with Gasteiger partial charge < -0.3 is 14.2 Å². The molecule has 0 aromatic carbocycles. The zero-order valence-corrected chi connectivity index (χ0v) is 43.0. The molecule has 0 spiro atoms. The third-order valence-electron chi connectivity index (χ3n) is 13.0. The molecule has 63 heavy (non-hydrogen) atoms. The van der Waals surface area contributed by atoms with E-state index in [1.54, 1.807) is 0 Å². The monoisotopic (exact) mass is 891 g/mol. The first-order valence-electron chi connectivity index (χ1n) is 28.4. The van der Waals surface area contributed by atoms with Crippen molar-refractivity contribution in [3.8, 4) is 0 Å². The zero-order chi connectivity index (χ0) is 45.9. The van der Waals surface area contributed by atoms with Gasteiger partial charge in [-0.25, -0.2) is 0 Å². The molecule has 0 aliphatic rings. The maximum Gasteiger partial charge on any atom is 0.306 e. The van der Waals surface area contributed by atoms with Gasteiger partial charge in [0.25, 0.3) is 0 Å². The van der Waals surface area contributed by atoms with Crippen LogP contribution in [0.4, 0.5) is 0 Å². The first-order chi connectivity index (χ1) is 30.9. The van der Waals surface area contributed by atoms with Crippen LogP contribution in [-0.2, 0) is 28.6 Å². The maximum absolute atomic E-state index is 12.8. The van der Waals surface area contributed by atoms with E-state index in [9.17, 15) is 14.4 Å². The molecule has 0 aromatic heterocycles. The molecule has 0 fully saturated rings. The van der Waals surface area contributed by atoms with Crippen molar-refractivity contribution in [3.63, 3.8) is 0 Å². The van der Waals surface area contributed by atoms with Crippen LogP contribution in [0.25, 0.3) is 0 Å². The van der Waals surface area contributed by atoms with Crippen LogP contribution in [0.5, 0.6) is 0 Å². The Labute approximate surface area is 393 Å². The summed E-state index contributed by atoms with van der Waals surface area (Å²) in [5.74, 6) is -0.00249. The highest BCUT2D eigenvalue weighted by Gasteiger charge is 2.19. The van der Waals surface area contributed by atoms with E-state index >= 15 is 0 Å². The van der Waals surface area contributed by atoms with Crippen molar-refractivity contribution < 1.29 is 28.6 Å². The van der Waals surface area contributed by atoms with Gasteiger partial charge in [-0.1, -0.05) is 285 Å². The van der Waals surface area contributed by atoms with Gasteiger partial charge in [0.1, 0.15) is 13.2 Å². The van der Waals surface area contributed by atoms with Gasteiger partial charge in [0.15, 0.2) is 6.10 Å². The van der Waals surface area contributed by atoms with Crippen molar-refractivity contribution in [1.29, 1.82) is 0 Å². The topological polar surface area (TPSA) is 78.9 Å². The smallest absolute Gasteiger partial charge is 0.306 e. The van der Waals surface area contributed by atoms with E-state index in [-0.39, 0.29) is 31.1 Å². The van der Waals surface area contributed by atoms with E-state index in [4.69, 9.17) is 14.2 Å². The molecule has 6 nitrogen and oxygen atoms in total. The predicted molar refractivity (Wildman–Crippen MR) is 270 cm³/mol. The van der Waals surface area contributed by atoms with Crippen LogP contribution in [0.2, 0.25) is 0 Å². The number of rotatable bonds is 52. The Morgan fingerprint density at radius 3 is 0.778 bits per heavy atom. The van der Waals surface area contributed by atoms with Crippen LogP contribution < -0.4 is 0 Å². The zero-order valence-electron chi connectivity index (χ0n) is 43.0. The molecule has 0 aliphatic heterocycles. The molecule has 0 unspecified atom stereocenters. The van der Waals surface area contributed by atoms with Crippen LogP contribution in [0, 0.1) is 5.92 Å². The molecule has 374 valence electrons. The lowest BCUT2D eigenvalue weighted by molar-refractivity contribution is -0.167. The largest absolute Gasteiger partial charge is 0.462 e. The molecule has 0 bridgehead atoms. The molecule has 1 atom stereocenters. The van der Waals surface area contributed by atoms with Crippen LogP contribution in [0.1, 0.15) is 323 Å². The fraction of sp³-hybridized carbons (Fsp3) is 0.947. The number of carbonyl (C=O) groups excluding carboxylic acids is 3. The summed E-state index contributed by atoms with van der Waals surface area (Å²) in [7, 11) is 0. The highest BCUT2D eigenvalue weighted by molar-refractivity contribution is 5.71. The molecule has 0 aromatic rings. The summed E-state index contributed by atoms with van der Waals surface area (Å²) in [4.78, 5) is 38.1. The average Bonchev–Trinajstić information content (AvgIpc) is 3.27. The van der Waals surface area contributed by atoms with E-state index in [2.05, 4.69) is 27.7 Å². The van der Waals surface area contributed by atoms with E-state index < -0.39 is 6.10 Å². The lowest BCUT2D eigenvalue weighted by Gasteiger charge is -2.18. The third kappa shape index (κ3) is 51.3. The van der Waals surface area contributed by atoms with Gasteiger partial charge in [0, 0.05) is 19.3 Å². The van der Waals surface area contributed by atoms with Gasteiger partial charge >= 0.3 is 17.9 Å². The Bertz CT molecular complexity index is 949. The Morgan fingerprint density at radius 2 is 0.524 bits per heavy atom. The minimum atomic E-state index is -0.761. The lowest BCUT2D eigenvalue weighted by Crippen LogP contribution is -2.30. The summed E-state index contributed by atoms with van der Waals surface area (Å²) in [6.45, 7) is 9.05. The van der Waals surface area contributed by atoms with Crippen molar-refractivity contribution in [2.24, 2.45) is 5.92 Å². The van der Waals surface area contributed by atoms with Gasteiger partial charge in [-0.05, 0) is 25.2 Å². The number of unbranched alkanes of at least 4 members (excludes halogenated alkanes) is 39. The molecule has 0 heterocycles. The fourth-order valence-electron chi connectivity index (χ4n) is 8.75. The fourth-order valence-corrected chi connectivity index (χ4v) is 8.75. The summed E-state index contributed by atoms with van der Waals surface area (Å²) < 4.78 is 16.9. The van der Waals surface area contributed by atoms with E-state index in [1.165, 1.54) is 218 Å². The van der Waals surface area contributed by atoms with Crippen LogP contribution in [0.3, 0.4) is 0 Å². The molecule has 6 heteroatoms. The van der Waals surface area contributed by atoms with Gasteiger partial charge in [-0.2, -0.15) is 0 Å². The summed E-state index contributed by atoms with van der Waals surface area (Å²) in [6.07, 6.45) is 55.1. The van der Waals surface area contributed by atoms with Crippen molar-refractivity contribution in [3.05, 3.63) is 0 Å². The Kier molecular flexibility index (Phi) is 50.1. The second-order valence-corrected chi connectivity index (χ2v) is 20.1. The molecule has 0 aliphatic carbocycles. The second kappa shape index (κ2) is 51.4. The number of ether oxygens (including phenoxy) is 3. The quantitative estimate of drug-likeness (QED) is 0.0344. The highest BCUT2D eigenvalue weighted by Crippen LogP contribution is 2.18. The normalized spacial score (nSPS) is 12.0. The Hall–Kier alpha value is -1.59. The average molecular weight is 892 g/mol. The van der Waals surface area contributed by atoms with Crippen molar-refractivity contribution >= 4 is 17.9 Å². The third-order valence-corrected chi connectivity index (χ3v) is 13.0. The van der Waals surface area contributed by atoms with E-state index in [0.717, 1.165) is 63.7 Å². The summed E-state index contributed by atoms with van der Waals surface area (Å²) >= 11 is 0. The van der Waals surface area contributed by atoms with Gasteiger partial charge in [0.05, 0.1) is 0 Å². The number of esters is 3. The summed E-state index contributed by atoms with van der Waals surface area (Å²) in [5, 5.41) is 0. The second-order valence-electron chi connectivity index (χ2n) is 20.1. The van der Waals surface area contributed by atoms with Gasteiger partial charge in [0.2, 0.25) is 0 Å². The van der Waals surface area contributed by atoms with Crippen LogP contribution >= 0.6 is 0 Å². The Balaban J connectivity index is 4.30. The minimum Gasteiger partial charge on any atom is -0.462 e. The molecular weight excluding hydrogens is 781 g/mol. The molecule has 0 radical (unpaired) electrons. The maximum atomic E-state index is 12.8. The molecule has 0 N–H and O–H groups in total. The highest BCUT2D eigenvalue weighted by atomic mass is 16.6. The van der Waals surface area contributed by atoms with Gasteiger partial charge in [-0.15, -0.1) is 0 Å². The minimum absolute atomic E-state index is 0.0620. The standard InChI is InChI=1S/C57H110O6/c1-5-7-9-11-13-15-17-19-21-22-24-30-34-38-42-46-50-57(60)63-54(51-61-55(58)48-44-40-36-32-28-23-20-18-16-14-12-10-8-6-2)52-62-56(59)49-45-41-37-33-29-26-25-27-31-35-39-43-47-53(3)4/h53-54H,5-52H2,1-4H3/t54-/m1/s1. The van der Waals surface area contributed by atoms with Crippen molar-refractivity contribution in [2.45, 2.75) is 329 Å². The first-order valence-corrected chi connectivity index (χ1v) is 28.4. The van der Waals surface area contributed by atoms with Crippen molar-refractivity contribution in [1.82, 2.24) is 0 Å². The molecule has 0 saturated carbocycles. The molecule has 0 amide bonds. The van der Waals surface area contributed by atoms with E-state index in [1.807, 2.05) is 0 Å². The predicted octanol–water partition coefficient (Wildman–Crippen LogP) is 18.6. The number of hydrogen-bond acceptors (Lipinski definition) is 6. The summed E-state index contributed by atoms with van der Waals surface area (Å²) in [6, 6.07) is 0. The first kappa shape index (κ1) is 61.4. The summed E-state index contributed by atoms with van der Waals surface area (Å²) in [5.41, 5.74) is 0. The van der Waals surface area contributed by atoms with Crippen LogP contribution in [-0.4, -0.2) is 37.2 Å². The Morgan fingerprint density at radius 1 is 0.302 bits per heavy atom. The van der Waals surface area contributed by atoms with Crippen molar-refractivity contribution in [2.75, 3.05) is 13.2 Å². The molecule has 0 saturated heterocycles.